The van der Waals surface area contributed by atoms with Crippen LogP contribution >= 0.6 is 0 Å². The van der Waals surface area contributed by atoms with E-state index in [0.29, 0.717) is 6.61 Å². The number of piperidine rings is 1. The minimum atomic E-state index is -0.323. The molecule has 4 heteroatoms. The summed E-state index contributed by atoms with van der Waals surface area (Å²) in [6.45, 7) is 6.23. The van der Waals surface area contributed by atoms with Crippen molar-refractivity contribution in [1.82, 2.24) is 9.80 Å². The largest absolute Gasteiger partial charge is 0.389 e. The first kappa shape index (κ1) is 12.9. The zero-order chi connectivity index (χ0) is 12.5. The van der Waals surface area contributed by atoms with Gasteiger partial charge in [0, 0.05) is 39.3 Å². The fourth-order valence-electron chi connectivity index (χ4n) is 4.34. The van der Waals surface area contributed by atoms with E-state index in [-0.39, 0.29) is 6.10 Å². The minimum absolute atomic E-state index is 0.323. The first-order valence-corrected chi connectivity index (χ1v) is 7.41. The van der Waals surface area contributed by atoms with E-state index in [2.05, 4.69) is 9.80 Å². The molecule has 0 saturated carbocycles. The first-order chi connectivity index (χ1) is 8.78. The van der Waals surface area contributed by atoms with Crippen molar-refractivity contribution in [3.05, 3.63) is 0 Å². The van der Waals surface area contributed by atoms with E-state index >= 15 is 0 Å². The summed E-state index contributed by atoms with van der Waals surface area (Å²) in [5.74, 6) is 1.71. The number of aliphatic hydroxyl groups excluding tert-OH is 1. The van der Waals surface area contributed by atoms with Crippen molar-refractivity contribution in [2.75, 3.05) is 46.4 Å². The molecular weight excluding hydrogens is 228 g/mol. The van der Waals surface area contributed by atoms with Gasteiger partial charge >= 0.3 is 0 Å². The van der Waals surface area contributed by atoms with Crippen LogP contribution in [0.3, 0.4) is 0 Å². The third-order valence-electron chi connectivity index (χ3n) is 5.02. The van der Waals surface area contributed by atoms with Crippen LogP contribution in [0, 0.1) is 11.8 Å². The maximum atomic E-state index is 9.83. The summed E-state index contributed by atoms with van der Waals surface area (Å²) >= 11 is 0. The highest BCUT2D eigenvalue weighted by atomic mass is 16.5. The monoisotopic (exact) mass is 254 g/mol. The number of hydrogen-bond acceptors (Lipinski definition) is 4. The summed E-state index contributed by atoms with van der Waals surface area (Å²) in [6.07, 6.45) is 3.88. The lowest BCUT2D eigenvalue weighted by atomic mass is 9.90. The van der Waals surface area contributed by atoms with Crippen LogP contribution in [0.25, 0.3) is 0 Å². The molecule has 0 aromatic carbocycles. The predicted octanol–water partition coefficient (Wildman–Crippen LogP) is 0.410. The van der Waals surface area contributed by atoms with Crippen LogP contribution < -0.4 is 0 Å². The van der Waals surface area contributed by atoms with Gasteiger partial charge in [-0.2, -0.15) is 0 Å². The summed E-state index contributed by atoms with van der Waals surface area (Å²) in [4.78, 5) is 5.17. The van der Waals surface area contributed by atoms with Crippen molar-refractivity contribution in [3.8, 4) is 0 Å². The number of hydrogen-bond donors (Lipinski definition) is 1. The Kier molecular flexibility index (Phi) is 3.89. The van der Waals surface area contributed by atoms with Gasteiger partial charge in [0.15, 0.2) is 0 Å². The molecule has 4 atom stereocenters. The molecule has 3 heterocycles. The Morgan fingerprint density at radius 3 is 3.00 bits per heavy atom. The maximum absolute atomic E-state index is 9.83. The van der Waals surface area contributed by atoms with Crippen molar-refractivity contribution in [2.24, 2.45) is 11.8 Å². The van der Waals surface area contributed by atoms with E-state index in [9.17, 15) is 5.11 Å². The second-order valence-corrected chi connectivity index (χ2v) is 6.31. The van der Waals surface area contributed by atoms with E-state index in [1.807, 2.05) is 0 Å². The quantitative estimate of drug-likeness (QED) is 0.788. The smallest absolute Gasteiger partial charge is 0.0900 e. The van der Waals surface area contributed by atoms with Crippen LogP contribution in [-0.4, -0.2) is 73.5 Å². The van der Waals surface area contributed by atoms with Crippen LogP contribution in [-0.2, 0) is 4.74 Å². The molecule has 3 aliphatic heterocycles. The molecule has 0 unspecified atom stereocenters. The van der Waals surface area contributed by atoms with Gasteiger partial charge in [-0.3, -0.25) is 9.80 Å². The number of β-amino-alcohol motifs (C(OH)–C–C–N with tert-alkyl or cyclic N) is 1. The van der Waals surface area contributed by atoms with Crippen molar-refractivity contribution in [3.63, 3.8) is 0 Å². The molecule has 3 saturated heterocycles. The zero-order valence-electron chi connectivity index (χ0n) is 11.4. The van der Waals surface area contributed by atoms with Gasteiger partial charge in [-0.05, 0) is 31.2 Å². The van der Waals surface area contributed by atoms with E-state index in [0.717, 1.165) is 24.4 Å². The van der Waals surface area contributed by atoms with Crippen LogP contribution in [0.5, 0.6) is 0 Å². The molecule has 0 spiro atoms. The minimum Gasteiger partial charge on any atom is -0.389 e. The van der Waals surface area contributed by atoms with Crippen molar-refractivity contribution >= 4 is 0 Å². The average Bonchev–Trinajstić information content (AvgIpc) is 2.86. The van der Waals surface area contributed by atoms with Gasteiger partial charge in [0.25, 0.3) is 0 Å². The molecule has 4 nitrogen and oxygen atoms in total. The van der Waals surface area contributed by atoms with Crippen LogP contribution in [0.4, 0.5) is 0 Å². The summed E-state index contributed by atoms with van der Waals surface area (Å²) in [5.41, 5.74) is 0. The van der Waals surface area contributed by atoms with Gasteiger partial charge in [0.1, 0.15) is 0 Å². The molecule has 104 valence electrons. The van der Waals surface area contributed by atoms with E-state index < -0.39 is 0 Å². The number of methoxy groups -OCH3 is 1. The third-order valence-corrected chi connectivity index (χ3v) is 5.02. The van der Waals surface area contributed by atoms with E-state index in [1.165, 1.54) is 45.4 Å². The number of rotatable bonds is 4. The summed E-state index contributed by atoms with van der Waals surface area (Å²) in [5, 5.41) is 9.83. The number of likely N-dealkylation sites (tertiary alicyclic amines) is 1. The highest BCUT2D eigenvalue weighted by Gasteiger charge is 2.47. The van der Waals surface area contributed by atoms with Crippen LogP contribution in [0.15, 0.2) is 0 Å². The van der Waals surface area contributed by atoms with Gasteiger partial charge in [0.2, 0.25) is 0 Å². The molecule has 3 fully saturated rings. The van der Waals surface area contributed by atoms with Crippen LogP contribution in [0.2, 0.25) is 0 Å². The first-order valence-electron chi connectivity index (χ1n) is 7.41. The fourth-order valence-corrected chi connectivity index (χ4v) is 4.34. The molecule has 3 rings (SSSR count). The molecule has 0 aromatic rings. The lowest BCUT2D eigenvalue weighted by Crippen LogP contribution is -2.41. The molecule has 0 radical (unpaired) electrons. The second-order valence-electron chi connectivity index (χ2n) is 6.31. The topological polar surface area (TPSA) is 35.9 Å². The molecule has 0 aromatic heterocycles. The molecule has 1 N–H and O–H groups in total. The highest BCUT2D eigenvalue weighted by molar-refractivity contribution is 5.00. The standard InChI is InChI=1S/C14H26N2O2/c1-18-10-12(17)8-15-6-11-7-16-5-3-2-4-14(16)13(11)9-15/h11-14,17H,2-10H2,1H3/t11-,12-,13+,14+/m1/s1. The number of nitrogens with zero attached hydrogens (tertiary/aromatic N) is 2. The zero-order valence-corrected chi connectivity index (χ0v) is 11.4. The molecule has 18 heavy (non-hydrogen) atoms. The van der Waals surface area contributed by atoms with Gasteiger partial charge in [0.05, 0.1) is 12.7 Å². The van der Waals surface area contributed by atoms with E-state index in [1.54, 1.807) is 7.11 Å². The normalized spacial score (nSPS) is 38.7. The fraction of sp³-hybridized carbons (Fsp3) is 1.00. The van der Waals surface area contributed by atoms with Gasteiger partial charge in [-0.1, -0.05) is 6.42 Å². The number of aliphatic hydroxyl groups is 1. The SMILES string of the molecule is COC[C@H](O)CN1C[C@@H]2CN3CCCC[C@H]3[C@H]2C1. The maximum Gasteiger partial charge on any atom is 0.0900 e. The van der Waals surface area contributed by atoms with Crippen molar-refractivity contribution in [1.29, 1.82) is 0 Å². The van der Waals surface area contributed by atoms with Crippen molar-refractivity contribution < 1.29 is 9.84 Å². The highest BCUT2D eigenvalue weighted by Crippen LogP contribution is 2.40. The molecule has 0 bridgehead atoms. The summed E-state index contributed by atoms with van der Waals surface area (Å²) < 4.78 is 5.01. The Bertz CT molecular complexity index is 287. The van der Waals surface area contributed by atoms with Gasteiger partial charge in [-0.25, -0.2) is 0 Å². The van der Waals surface area contributed by atoms with Gasteiger partial charge in [-0.15, -0.1) is 0 Å². The Labute approximate surface area is 110 Å². The lowest BCUT2D eigenvalue weighted by molar-refractivity contribution is 0.0387. The van der Waals surface area contributed by atoms with Crippen LogP contribution in [0.1, 0.15) is 19.3 Å². The molecule has 0 aliphatic carbocycles. The van der Waals surface area contributed by atoms with Crippen molar-refractivity contribution in [2.45, 2.75) is 31.4 Å². The lowest BCUT2D eigenvalue weighted by Gasteiger charge is -2.33. The Morgan fingerprint density at radius 2 is 2.17 bits per heavy atom. The number of ether oxygens (including phenoxy) is 1. The molecular formula is C14H26N2O2. The summed E-state index contributed by atoms with van der Waals surface area (Å²) in [6, 6.07) is 0.841. The second kappa shape index (κ2) is 5.45. The Balaban J connectivity index is 1.53. The Morgan fingerprint density at radius 1 is 1.28 bits per heavy atom. The third kappa shape index (κ3) is 2.44. The predicted molar refractivity (Wildman–Crippen MR) is 70.5 cm³/mol. The summed E-state index contributed by atoms with van der Waals surface area (Å²) in [7, 11) is 1.65. The molecule has 3 aliphatic rings. The van der Waals surface area contributed by atoms with Gasteiger partial charge < -0.3 is 9.84 Å². The number of fused-ring (bicyclic) bond motifs is 3. The molecule has 0 amide bonds. The Hall–Kier alpha value is -0.160. The van der Waals surface area contributed by atoms with E-state index in [4.69, 9.17) is 4.74 Å². The average molecular weight is 254 g/mol.